The first-order chi connectivity index (χ1) is 8.38. The van der Waals surface area contributed by atoms with E-state index in [4.69, 9.17) is 4.74 Å². The highest BCUT2D eigenvalue weighted by molar-refractivity contribution is 5.19. The second-order valence-corrected chi connectivity index (χ2v) is 5.30. The van der Waals surface area contributed by atoms with E-state index in [1.54, 1.807) is 0 Å². The van der Waals surface area contributed by atoms with Crippen molar-refractivity contribution in [1.82, 2.24) is 5.32 Å². The first kappa shape index (κ1) is 11.2. The lowest BCUT2D eigenvalue weighted by atomic mass is 9.88. The Hall–Kier alpha value is -0.860. The number of hydrogen-bond acceptors (Lipinski definition) is 2. The van der Waals surface area contributed by atoms with E-state index in [2.05, 4.69) is 35.6 Å². The fraction of sp³-hybridized carbons (Fsp3) is 0.600. The summed E-state index contributed by atoms with van der Waals surface area (Å²) in [6.07, 6.45) is 7.41. The van der Waals surface area contributed by atoms with Gasteiger partial charge in [-0.05, 0) is 37.7 Å². The largest absolute Gasteiger partial charge is 0.361 e. The second-order valence-electron chi connectivity index (χ2n) is 5.30. The molecule has 2 heteroatoms. The lowest BCUT2D eigenvalue weighted by Gasteiger charge is -2.44. The van der Waals surface area contributed by atoms with Crippen LogP contribution >= 0.6 is 0 Å². The van der Waals surface area contributed by atoms with Gasteiger partial charge >= 0.3 is 0 Å². The minimum atomic E-state index is -0.0169. The van der Waals surface area contributed by atoms with Crippen molar-refractivity contribution in [3.63, 3.8) is 0 Å². The molecule has 0 radical (unpaired) electrons. The van der Waals surface area contributed by atoms with Crippen LogP contribution in [0.4, 0.5) is 0 Å². The van der Waals surface area contributed by atoms with Gasteiger partial charge in [0.25, 0.3) is 0 Å². The first-order valence-electron chi connectivity index (χ1n) is 6.85. The quantitative estimate of drug-likeness (QED) is 0.800. The number of hydrogen-bond donors (Lipinski definition) is 1. The lowest BCUT2D eigenvalue weighted by Crippen LogP contribution is -2.54. The zero-order valence-electron chi connectivity index (χ0n) is 10.3. The molecule has 1 N–H and O–H groups in total. The van der Waals surface area contributed by atoms with Crippen LogP contribution in [-0.4, -0.2) is 12.3 Å². The Morgan fingerprint density at radius 2 is 1.82 bits per heavy atom. The second kappa shape index (κ2) is 4.79. The van der Waals surface area contributed by atoms with Crippen LogP contribution < -0.4 is 5.32 Å². The maximum absolute atomic E-state index is 6.05. The van der Waals surface area contributed by atoms with E-state index in [-0.39, 0.29) is 5.72 Å². The highest BCUT2D eigenvalue weighted by Gasteiger charge is 2.38. The summed E-state index contributed by atoms with van der Waals surface area (Å²) < 4.78 is 6.05. The summed E-state index contributed by atoms with van der Waals surface area (Å²) in [6, 6.07) is 11.3. The smallest absolute Gasteiger partial charge is 0.119 e. The van der Waals surface area contributed by atoms with Crippen molar-refractivity contribution in [2.75, 3.05) is 6.61 Å². The molecule has 92 valence electrons. The molecule has 1 heterocycles. The average Bonchev–Trinajstić information content (AvgIpc) is 2.41. The van der Waals surface area contributed by atoms with E-state index in [0.29, 0.717) is 6.04 Å². The van der Waals surface area contributed by atoms with Crippen LogP contribution in [0.5, 0.6) is 0 Å². The highest BCUT2D eigenvalue weighted by atomic mass is 16.5. The van der Waals surface area contributed by atoms with E-state index >= 15 is 0 Å². The predicted molar refractivity (Wildman–Crippen MR) is 68.7 cm³/mol. The first-order valence-corrected chi connectivity index (χ1v) is 6.85. The van der Waals surface area contributed by atoms with Crippen molar-refractivity contribution in [3.05, 3.63) is 35.9 Å². The van der Waals surface area contributed by atoms with Crippen molar-refractivity contribution in [3.8, 4) is 0 Å². The number of rotatable bonds is 1. The summed E-state index contributed by atoms with van der Waals surface area (Å²) >= 11 is 0. The molecule has 2 aliphatic rings. The van der Waals surface area contributed by atoms with Gasteiger partial charge in [-0.15, -0.1) is 0 Å². The Kier molecular flexibility index (Phi) is 3.17. The van der Waals surface area contributed by atoms with Crippen LogP contribution in [-0.2, 0) is 4.74 Å². The molecule has 1 atom stereocenters. The third kappa shape index (κ3) is 2.38. The molecule has 3 rings (SSSR count). The summed E-state index contributed by atoms with van der Waals surface area (Å²) in [5, 5.41) is 3.76. The summed E-state index contributed by atoms with van der Waals surface area (Å²) in [5.41, 5.74) is 1.39. The molecule has 1 saturated carbocycles. The zero-order valence-corrected chi connectivity index (χ0v) is 10.3. The number of benzene rings is 1. The molecule has 2 fully saturated rings. The molecular weight excluding hydrogens is 210 g/mol. The Morgan fingerprint density at radius 3 is 2.59 bits per heavy atom. The standard InChI is InChI=1S/C15H21NO/c1-3-7-13(8-4-1)14-9-12-17-15(16-14)10-5-2-6-11-15/h1,3-4,7-8,14,16H,2,5-6,9-12H2. The summed E-state index contributed by atoms with van der Waals surface area (Å²) in [4.78, 5) is 0. The van der Waals surface area contributed by atoms with Crippen LogP contribution in [0, 0.1) is 0 Å². The van der Waals surface area contributed by atoms with Gasteiger partial charge in [-0.25, -0.2) is 0 Å². The number of nitrogens with one attached hydrogen (secondary N) is 1. The monoisotopic (exact) mass is 231 g/mol. The lowest BCUT2D eigenvalue weighted by molar-refractivity contribution is -0.131. The van der Waals surface area contributed by atoms with Crippen LogP contribution in [0.25, 0.3) is 0 Å². The normalized spacial score (nSPS) is 28.1. The predicted octanol–water partition coefficient (Wildman–Crippen LogP) is 3.40. The fourth-order valence-electron chi connectivity index (χ4n) is 3.15. The van der Waals surface area contributed by atoms with Crippen LogP contribution in [0.2, 0.25) is 0 Å². The minimum absolute atomic E-state index is 0.0169. The number of ether oxygens (including phenoxy) is 1. The van der Waals surface area contributed by atoms with Crippen molar-refractivity contribution in [1.29, 1.82) is 0 Å². The van der Waals surface area contributed by atoms with Crippen LogP contribution in [0.3, 0.4) is 0 Å². The van der Waals surface area contributed by atoms with Crippen molar-refractivity contribution >= 4 is 0 Å². The van der Waals surface area contributed by atoms with Crippen LogP contribution in [0.15, 0.2) is 30.3 Å². The molecule has 1 aromatic carbocycles. The fourth-order valence-corrected chi connectivity index (χ4v) is 3.15. The summed E-state index contributed by atoms with van der Waals surface area (Å²) in [7, 11) is 0. The third-order valence-electron chi connectivity index (χ3n) is 4.09. The molecule has 1 saturated heterocycles. The maximum atomic E-state index is 6.05. The Morgan fingerprint density at radius 1 is 1.06 bits per heavy atom. The van der Waals surface area contributed by atoms with Gasteiger partial charge in [0.1, 0.15) is 5.72 Å². The van der Waals surface area contributed by atoms with E-state index in [1.165, 1.54) is 37.7 Å². The average molecular weight is 231 g/mol. The molecule has 1 aromatic rings. The molecule has 1 aliphatic carbocycles. The molecule has 1 aliphatic heterocycles. The SMILES string of the molecule is c1ccc(C2CCOC3(CCCCC3)N2)cc1. The van der Waals surface area contributed by atoms with Gasteiger partial charge in [0.2, 0.25) is 0 Å². The van der Waals surface area contributed by atoms with E-state index in [9.17, 15) is 0 Å². The van der Waals surface area contributed by atoms with Gasteiger partial charge in [0.15, 0.2) is 0 Å². The van der Waals surface area contributed by atoms with E-state index in [0.717, 1.165) is 13.0 Å². The van der Waals surface area contributed by atoms with Crippen LogP contribution in [0.1, 0.15) is 50.1 Å². The van der Waals surface area contributed by atoms with E-state index < -0.39 is 0 Å². The molecule has 17 heavy (non-hydrogen) atoms. The summed E-state index contributed by atoms with van der Waals surface area (Å²) in [5.74, 6) is 0. The third-order valence-corrected chi connectivity index (χ3v) is 4.09. The Labute approximate surface area is 103 Å². The van der Waals surface area contributed by atoms with Gasteiger partial charge < -0.3 is 4.74 Å². The Balaban J connectivity index is 1.75. The summed E-state index contributed by atoms with van der Waals surface area (Å²) in [6.45, 7) is 0.895. The zero-order chi connectivity index (χ0) is 11.6. The molecule has 2 nitrogen and oxygen atoms in total. The molecule has 1 unspecified atom stereocenters. The van der Waals surface area contributed by atoms with E-state index in [1.807, 2.05) is 0 Å². The molecule has 0 aromatic heterocycles. The van der Waals surface area contributed by atoms with Gasteiger partial charge in [0, 0.05) is 6.04 Å². The molecule has 0 amide bonds. The minimum Gasteiger partial charge on any atom is -0.361 e. The topological polar surface area (TPSA) is 21.3 Å². The maximum Gasteiger partial charge on any atom is 0.119 e. The highest BCUT2D eigenvalue weighted by Crippen LogP contribution is 2.36. The molecular formula is C15H21NO. The van der Waals surface area contributed by atoms with Gasteiger partial charge in [-0.2, -0.15) is 0 Å². The van der Waals surface area contributed by atoms with Crippen molar-refractivity contribution < 1.29 is 4.74 Å². The molecule has 1 spiro atoms. The Bertz CT molecular complexity index is 351. The van der Waals surface area contributed by atoms with Gasteiger partial charge in [0.05, 0.1) is 6.61 Å². The molecule has 0 bridgehead atoms. The van der Waals surface area contributed by atoms with Crippen molar-refractivity contribution in [2.45, 2.75) is 50.3 Å². The van der Waals surface area contributed by atoms with Gasteiger partial charge in [-0.1, -0.05) is 36.8 Å². The van der Waals surface area contributed by atoms with Gasteiger partial charge in [-0.3, -0.25) is 5.32 Å². The van der Waals surface area contributed by atoms with Crippen molar-refractivity contribution in [2.24, 2.45) is 0 Å².